The summed E-state index contributed by atoms with van der Waals surface area (Å²) in [4.78, 5) is 21.3. The van der Waals surface area contributed by atoms with Gasteiger partial charge in [0, 0.05) is 12.7 Å². The van der Waals surface area contributed by atoms with Crippen molar-refractivity contribution in [3.63, 3.8) is 0 Å². The van der Waals surface area contributed by atoms with Crippen LogP contribution in [0.25, 0.3) is 17.8 Å². The van der Waals surface area contributed by atoms with E-state index in [0.717, 1.165) is 29.7 Å². The molecule has 1 atom stereocenters. The second kappa shape index (κ2) is 8.70. The van der Waals surface area contributed by atoms with Crippen molar-refractivity contribution in [2.45, 2.75) is 31.7 Å². The molecule has 1 aliphatic rings. The predicted molar refractivity (Wildman–Crippen MR) is 126 cm³/mol. The first-order valence-electron chi connectivity index (χ1n) is 11.1. The summed E-state index contributed by atoms with van der Waals surface area (Å²) in [6.07, 6.45) is 9.58. The number of rotatable bonds is 6. The molecule has 0 N–H and O–H groups in total. The van der Waals surface area contributed by atoms with Gasteiger partial charge in [-0.15, -0.1) is 0 Å². The number of carbonyl (C=O) groups is 1. The highest BCUT2D eigenvalue weighted by atomic mass is 19.1. The summed E-state index contributed by atoms with van der Waals surface area (Å²) in [6, 6.07) is 12.0. The molecule has 0 fully saturated rings. The van der Waals surface area contributed by atoms with Crippen LogP contribution in [-0.4, -0.2) is 37.7 Å². The van der Waals surface area contributed by atoms with Crippen molar-refractivity contribution >= 4 is 18.4 Å². The third kappa shape index (κ3) is 3.81. The quantitative estimate of drug-likeness (QED) is 0.402. The maximum absolute atomic E-state index is 13.9. The molecule has 0 amide bonds. The topological polar surface area (TPSA) is 74.8 Å². The molecule has 34 heavy (non-hydrogen) atoms. The zero-order valence-electron chi connectivity index (χ0n) is 19.0. The Morgan fingerprint density at radius 1 is 1.18 bits per heavy atom. The number of aldehydes is 1. The number of nitrogens with zero attached hydrogens (tertiary/aromatic N) is 5. The SMILES string of the molecule is COc1cc(C=Cc2nc3n(n2)CCCC3(C=O)c2cccc(F)c2)ccc1-n1cnc(C)c1. The number of hydrogen-bond acceptors (Lipinski definition) is 5. The van der Waals surface area contributed by atoms with Gasteiger partial charge in [0.25, 0.3) is 0 Å². The summed E-state index contributed by atoms with van der Waals surface area (Å²) in [5, 5.41) is 4.59. The molecule has 0 bridgehead atoms. The third-order valence-corrected chi connectivity index (χ3v) is 6.19. The van der Waals surface area contributed by atoms with Crippen LogP contribution in [0.5, 0.6) is 5.75 Å². The fourth-order valence-corrected chi connectivity index (χ4v) is 4.49. The summed E-state index contributed by atoms with van der Waals surface area (Å²) in [5.74, 6) is 1.37. The van der Waals surface area contributed by atoms with Gasteiger partial charge in [0.2, 0.25) is 0 Å². The zero-order chi connectivity index (χ0) is 23.7. The second-order valence-corrected chi connectivity index (χ2v) is 8.41. The Kier molecular flexibility index (Phi) is 5.57. The molecule has 0 aliphatic carbocycles. The van der Waals surface area contributed by atoms with Gasteiger partial charge in [0.1, 0.15) is 29.1 Å². The van der Waals surface area contributed by atoms with Crippen molar-refractivity contribution in [1.29, 1.82) is 0 Å². The van der Waals surface area contributed by atoms with Crippen LogP contribution in [0, 0.1) is 12.7 Å². The first-order valence-corrected chi connectivity index (χ1v) is 11.1. The Hall–Kier alpha value is -4.07. The first-order chi connectivity index (χ1) is 16.5. The van der Waals surface area contributed by atoms with E-state index in [1.54, 1.807) is 30.3 Å². The normalized spacial score (nSPS) is 17.6. The van der Waals surface area contributed by atoms with Crippen molar-refractivity contribution in [3.8, 4) is 11.4 Å². The molecule has 1 unspecified atom stereocenters. The van der Waals surface area contributed by atoms with Gasteiger partial charge in [-0.25, -0.2) is 19.0 Å². The lowest BCUT2D eigenvalue weighted by molar-refractivity contribution is -0.112. The van der Waals surface area contributed by atoms with Gasteiger partial charge in [-0.2, -0.15) is 5.10 Å². The number of aromatic nitrogens is 5. The van der Waals surface area contributed by atoms with Crippen LogP contribution in [0.4, 0.5) is 4.39 Å². The fraction of sp³-hybridized carbons (Fsp3) is 0.231. The molecule has 8 heteroatoms. The minimum atomic E-state index is -1.01. The molecule has 0 saturated heterocycles. The number of ether oxygens (including phenoxy) is 1. The molecular weight excluding hydrogens is 433 g/mol. The minimum Gasteiger partial charge on any atom is -0.495 e. The molecule has 5 rings (SSSR count). The predicted octanol–water partition coefficient (Wildman–Crippen LogP) is 4.37. The number of methoxy groups -OCH3 is 1. The van der Waals surface area contributed by atoms with Crippen LogP contribution in [0.1, 0.15) is 41.3 Å². The van der Waals surface area contributed by atoms with E-state index in [2.05, 4.69) is 15.1 Å². The van der Waals surface area contributed by atoms with Gasteiger partial charge in [0.05, 0.1) is 24.8 Å². The summed E-state index contributed by atoms with van der Waals surface area (Å²) in [7, 11) is 1.63. The minimum absolute atomic E-state index is 0.376. The van der Waals surface area contributed by atoms with Crippen LogP contribution >= 0.6 is 0 Å². The van der Waals surface area contributed by atoms with Crippen LogP contribution in [0.3, 0.4) is 0 Å². The van der Waals surface area contributed by atoms with Crippen molar-refractivity contribution in [2.24, 2.45) is 0 Å². The smallest absolute Gasteiger partial charge is 0.174 e. The number of fused-ring (bicyclic) bond motifs is 1. The van der Waals surface area contributed by atoms with Crippen molar-refractivity contribution < 1.29 is 13.9 Å². The van der Waals surface area contributed by atoms with E-state index in [9.17, 15) is 9.18 Å². The van der Waals surface area contributed by atoms with E-state index in [1.807, 2.05) is 48.0 Å². The van der Waals surface area contributed by atoms with Gasteiger partial charge < -0.3 is 14.1 Å². The van der Waals surface area contributed by atoms with Crippen molar-refractivity contribution in [1.82, 2.24) is 24.3 Å². The fourth-order valence-electron chi connectivity index (χ4n) is 4.49. The Bertz CT molecular complexity index is 1390. The van der Waals surface area contributed by atoms with Crippen molar-refractivity contribution in [3.05, 3.63) is 89.3 Å². The first kappa shape index (κ1) is 21.8. The van der Waals surface area contributed by atoms with Crippen LogP contribution in [-0.2, 0) is 16.8 Å². The van der Waals surface area contributed by atoms with Crippen molar-refractivity contribution in [2.75, 3.05) is 7.11 Å². The summed E-state index contributed by atoms with van der Waals surface area (Å²) < 4.78 is 23.2. The summed E-state index contributed by atoms with van der Waals surface area (Å²) in [6.45, 7) is 2.60. The Labute approximate surface area is 196 Å². The summed E-state index contributed by atoms with van der Waals surface area (Å²) in [5.41, 5.74) is 2.32. The number of aryl methyl sites for hydroxylation is 2. The molecule has 7 nitrogen and oxygen atoms in total. The van der Waals surface area contributed by atoms with Crippen LogP contribution in [0.15, 0.2) is 55.0 Å². The highest BCUT2D eigenvalue weighted by Crippen LogP contribution is 2.37. The van der Waals surface area contributed by atoms with E-state index in [4.69, 9.17) is 4.74 Å². The Morgan fingerprint density at radius 2 is 2.06 bits per heavy atom. The number of halogens is 1. The van der Waals surface area contributed by atoms with E-state index in [0.29, 0.717) is 35.9 Å². The lowest BCUT2D eigenvalue weighted by Crippen LogP contribution is -2.37. The third-order valence-electron chi connectivity index (χ3n) is 6.19. The molecule has 3 heterocycles. The Morgan fingerprint density at radius 3 is 2.79 bits per heavy atom. The lowest BCUT2D eigenvalue weighted by Gasteiger charge is -2.31. The average Bonchev–Trinajstić information content (AvgIpc) is 3.48. The van der Waals surface area contributed by atoms with Crippen LogP contribution < -0.4 is 4.74 Å². The molecule has 0 radical (unpaired) electrons. The maximum Gasteiger partial charge on any atom is 0.174 e. The van der Waals surface area contributed by atoms with Gasteiger partial charge in [-0.1, -0.05) is 24.3 Å². The number of carbonyl (C=O) groups excluding carboxylic acids is 1. The monoisotopic (exact) mass is 457 g/mol. The van der Waals surface area contributed by atoms with E-state index >= 15 is 0 Å². The number of imidazole rings is 1. The number of benzene rings is 2. The molecule has 0 spiro atoms. The molecule has 1 aliphatic heterocycles. The molecule has 4 aromatic rings. The average molecular weight is 458 g/mol. The van der Waals surface area contributed by atoms with Crippen LogP contribution in [0.2, 0.25) is 0 Å². The highest BCUT2D eigenvalue weighted by Gasteiger charge is 2.41. The largest absolute Gasteiger partial charge is 0.495 e. The number of hydrogen-bond donors (Lipinski definition) is 0. The maximum atomic E-state index is 13.9. The lowest BCUT2D eigenvalue weighted by atomic mass is 9.75. The molecule has 2 aromatic heterocycles. The highest BCUT2D eigenvalue weighted by molar-refractivity contribution is 5.74. The molecule has 0 saturated carbocycles. The molecular formula is C26H24FN5O2. The van der Waals surface area contributed by atoms with Gasteiger partial charge in [0.15, 0.2) is 5.82 Å². The molecule has 172 valence electrons. The zero-order valence-corrected chi connectivity index (χ0v) is 19.0. The van der Waals surface area contributed by atoms with Gasteiger partial charge >= 0.3 is 0 Å². The summed E-state index contributed by atoms with van der Waals surface area (Å²) >= 11 is 0. The van der Waals surface area contributed by atoms with E-state index < -0.39 is 5.41 Å². The standard InChI is InChI=1S/C26H24FN5O2/c1-18-15-31(17-28-18)22-9-7-19(13-23(22)34-2)8-10-24-29-25-26(16-33,11-4-12-32(25)30-24)20-5-3-6-21(27)14-20/h3,5-10,13-17H,4,11-12H2,1-2H3. The van der Waals surface area contributed by atoms with E-state index in [-0.39, 0.29) is 5.82 Å². The Balaban J connectivity index is 1.47. The van der Waals surface area contributed by atoms with Gasteiger partial charge in [-0.3, -0.25) is 0 Å². The van der Waals surface area contributed by atoms with Gasteiger partial charge in [-0.05, 0) is 61.2 Å². The van der Waals surface area contributed by atoms with E-state index in [1.165, 1.54) is 12.1 Å². The second-order valence-electron chi connectivity index (χ2n) is 8.41. The molecule has 2 aromatic carbocycles.